The molecule has 1 amide bonds. The van der Waals surface area contributed by atoms with Gasteiger partial charge in [0.1, 0.15) is 6.07 Å². The summed E-state index contributed by atoms with van der Waals surface area (Å²) in [5.74, 6) is -0.0100. The van der Waals surface area contributed by atoms with Crippen LogP contribution >= 0.6 is 11.3 Å². The molecule has 4 rings (SSSR count). The summed E-state index contributed by atoms with van der Waals surface area (Å²) in [6.07, 6.45) is 1.93. The number of rotatable bonds is 3. The lowest BCUT2D eigenvalue weighted by atomic mass is 9.95. The van der Waals surface area contributed by atoms with Crippen LogP contribution in [0.25, 0.3) is 0 Å². The van der Waals surface area contributed by atoms with Crippen LogP contribution in [0.2, 0.25) is 0 Å². The quantitative estimate of drug-likeness (QED) is 0.772. The number of nitriles is 1. The number of hydrogen-bond acceptors (Lipinski definition) is 5. The molecule has 3 heterocycles. The SMILES string of the molecule is N#Cc1ccccc1S(=O)(=O)N1CCC(C(=O)N2CCc3sccc3C2)CC1. The molecule has 0 N–H and O–H groups in total. The lowest BCUT2D eigenvalue weighted by molar-refractivity contribution is -0.137. The fourth-order valence-electron chi connectivity index (χ4n) is 3.96. The Morgan fingerprint density at radius 3 is 2.64 bits per heavy atom. The van der Waals surface area contributed by atoms with Gasteiger partial charge in [0.15, 0.2) is 0 Å². The Morgan fingerprint density at radius 2 is 1.89 bits per heavy atom. The summed E-state index contributed by atoms with van der Waals surface area (Å²) in [5, 5.41) is 11.3. The average Bonchev–Trinajstić information content (AvgIpc) is 3.21. The van der Waals surface area contributed by atoms with E-state index in [0.29, 0.717) is 32.5 Å². The van der Waals surface area contributed by atoms with Crippen LogP contribution in [0, 0.1) is 17.2 Å². The van der Waals surface area contributed by atoms with Crippen molar-refractivity contribution in [3.8, 4) is 6.07 Å². The Labute approximate surface area is 169 Å². The molecule has 0 spiro atoms. The van der Waals surface area contributed by atoms with E-state index >= 15 is 0 Å². The predicted octanol–water partition coefficient (Wildman–Crippen LogP) is 2.61. The van der Waals surface area contributed by atoms with Gasteiger partial charge >= 0.3 is 0 Å². The second kappa shape index (κ2) is 7.66. The highest BCUT2D eigenvalue weighted by molar-refractivity contribution is 7.89. The van der Waals surface area contributed by atoms with Crippen molar-refractivity contribution in [2.75, 3.05) is 19.6 Å². The number of thiophene rings is 1. The Kier molecular flexibility index (Phi) is 5.23. The van der Waals surface area contributed by atoms with E-state index in [2.05, 4.69) is 11.4 Å². The molecule has 146 valence electrons. The van der Waals surface area contributed by atoms with Crippen LogP contribution in [-0.4, -0.2) is 43.2 Å². The first-order chi connectivity index (χ1) is 13.5. The molecule has 0 aliphatic carbocycles. The Balaban J connectivity index is 1.42. The summed E-state index contributed by atoms with van der Waals surface area (Å²) in [6, 6.07) is 10.3. The molecule has 28 heavy (non-hydrogen) atoms. The topological polar surface area (TPSA) is 81.5 Å². The smallest absolute Gasteiger partial charge is 0.244 e. The maximum Gasteiger partial charge on any atom is 0.244 e. The van der Waals surface area contributed by atoms with Crippen molar-refractivity contribution in [2.24, 2.45) is 5.92 Å². The van der Waals surface area contributed by atoms with Crippen LogP contribution in [0.15, 0.2) is 40.6 Å². The largest absolute Gasteiger partial charge is 0.338 e. The van der Waals surface area contributed by atoms with Gasteiger partial charge in [-0.05, 0) is 48.4 Å². The molecular formula is C20H21N3O3S2. The van der Waals surface area contributed by atoms with Gasteiger partial charge in [-0.25, -0.2) is 8.42 Å². The molecule has 1 saturated heterocycles. The van der Waals surface area contributed by atoms with Crippen LogP contribution < -0.4 is 0 Å². The van der Waals surface area contributed by atoms with E-state index in [0.717, 1.165) is 13.0 Å². The number of carbonyl (C=O) groups excluding carboxylic acids is 1. The molecule has 1 aromatic heterocycles. The lowest BCUT2D eigenvalue weighted by Gasteiger charge is -2.35. The van der Waals surface area contributed by atoms with Crippen LogP contribution in [-0.2, 0) is 27.8 Å². The highest BCUT2D eigenvalue weighted by atomic mass is 32.2. The summed E-state index contributed by atoms with van der Waals surface area (Å²) >= 11 is 1.74. The molecule has 2 aliphatic rings. The third-order valence-electron chi connectivity index (χ3n) is 5.55. The summed E-state index contributed by atoms with van der Waals surface area (Å²) in [7, 11) is -3.72. The number of carbonyl (C=O) groups is 1. The second-order valence-electron chi connectivity index (χ2n) is 7.17. The van der Waals surface area contributed by atoms with E-state index in [9.17, 15) is 18.5 Å². The van der Waals surface area contributed by atoms with Crippen molar-refractivity contribution in [3.05, 3.63) is 51.7 Å². The van der Waals surface area contributed by atoms with Gasteiger partial charge in [-0.15, -0.1) is 11.3 Å². The van der Waals surface area contributed by atoms with Gasteiger partial charge in [-0.1, -0.05) is 12.1 Å². The molecule has 1 fully saturated rings. The van der Waals surface area contributed by atoms with E-state index in [1.807, 2.05) is 11.0 Å². The minimum absolute atomic E-state index is 0.0447. The fraction of sp³-hybridized carbons (Fsp3) is 0.400. The van der Waals surface area contributed by atoms with Crippen molar-refractivity contribution < 1.29 is 13.2 Å². The van der Waals surface area contributed by atoms with Gasteiger partial charge in [0, 0.05) is 37.0 Å². The summed E-state index contributed by atoms with van der Waals surface area (Å²) in [4.78, 5) is 16.2. The number of amides is 1. The third-order valence-corrected chi connectivity index (χ3v) is 8.53. The first-order valence-corrected chi connectivity index (χ1v) is 11.7. The van der Waals surface area contributed by atoms with E-state index in [4.69, 9.17) is 0 Å². The zero-order valence-corrected chi connectivity index (χ0v) is 17.0. The van der Waals surface area contributed by atoms with Gasteiger partial charge in [0.25, 0.3) is 0 Å². The molecule has 6 nitrogen and oxygen atoms in total. The normalized spacial score (nSPS) is 18.5. The van der Waals surface area contributed by atoms with Crippen LogP contribution in [0.3, 0.4) is 0 Å². The van der Waals surface area contributed by atoms with Gasteiger partial charge in [-0.2, -0.15) is 9.57 Å². The van der Waals surface area contributed by atoms with E-state index in [1.165, 1.54) is 26.9 Å². The monoisotopic (exact) mass is 415 g/mol. The van der Waals surface area contributed by atoms with Gasteiger partial charge in [-0.3, -0.25) is 4.79 Å². The highest BCUT2D eigenvalue weighted by Gasteiger charge is 2.35. The first-order valence-electron chi connectivity index (χ1n) is 9.34. The van der Waals surface area contributed by atoms with Crippen LogP contribution in [0.1, 0.15) is 28.8 Å². The maximum atomic E-state index is 12.9. The minimum atomic E-state index is -3.72. The van der Waals surface area contributed by atoms with E-state index in [-0.39, 0.29) is 22.3 Å². The zero-order chi connectivity index (χ0) is 19.7. The van der Waals surface area contributed by atoms with Gasteiger partial charge in [0.05, 0.1) is 10.5 Å². The van der Waals surface area contributed by atoms with E-state index < -0.39 is 10.0 Å². The molecule has 0 radical (unpaired) electrons. The molecular weight excluding hydrogens is 394 g/mol. The molecule has 1 aromatic carbocycles. The van der Waals surface area contributed by atoms with Crippen molar-refractivity contribution in [3.63, 3.8) is 0 Å². The van der Waals surface area contributed by atoms with Gasteiger partial charge < -0.3 is 4.90 Å². The highest BCUT2D eigenvalue weighted by Crippen LogP contribution is 2.29. The molecule has 2 aliphatic heterocycles. The molecule has 8 heteroatoms. The second-order valence-corrected chi connectivity index (χ2v) is 10.1. The predicted molar refractivity (Wildman–Crippen MR) is 106 cm³/mol. The van der Waals surface area contributed by atoms with Crippen molar-refractivity contribution >= 4 is 27.3 Å². The number of fused-ring (bicyclic) bond motifs is 1. The molecule has 0 atom stereocenters. The molecule has 0 saturated carbocycles. The Hall–Kier alpha value is -2.21. The lowest BCUT2D eigenvalue weighted by Crippen LogP contribution is -2.45. The molecule has 2 aromatic rings. The fourth-order valence-corrected chi connectivity index (χ4v) is 6.46. The number of sulfonamides is 1. The number of benzene rings is 1. The Morgan fingerprint density at radius 1 is 1.14 bits per heavy atom. The zero-order valence-electron chi connectivity index (χ0n) is 15.4. The number of hydrogen-bond donors (Lipinski definition) is 0. The molecule has 0 unspecified atom stereocenters. The van der Waals surface area contributed by atoms with Crippen LogP contribution in [0.5, 0.6) is 0 Å². The van der Waals surface area contributed by atoms with Crippen molar-refractivity contribution in [1.82, 2.24) is 9.21 Å². The van der Waals surface area contributed by atoms with Crippen molar-refractivity contribution in [2.45, 2.75) is 30.7 Å². The minimum Gasteiger partial charge on any atom is -0.338 e. The maximum absolute atomic E-state index is 12.9. The van der Waals surface area contributed by atoms with Crippen molar-refractivity contribution in [1.29, 1.82) is 5.26 Å². The summed E-state index contributed by atoms with van der Waals surface area (Å²) in [5.41, 5.74) is 1.39. The standard InChI is InChI=1S/C20H21N3O3S2/c21-13-16-3-1-2-4-19(16)28(25,26)23-10-5-15(6-11-23)20(24)22-9-7-18-17(14-22)8-12-27-18/h1-4,8,12,15H,5-7,9-11,14H2. The Bertz CT molecular complexity index is 1030. The summed E-state index contributed by atoms with van der Waals surface area (Å²) in [6.45, 7) is 2.00. The first kappa shape index (κ1) is 19.1. The summed E-state index contributed by atoms with van der Waals surface area (Å²) < 4.78 is 27.3. The van der Waals surface area contributed by atoms with E-state index in [1.54, 1.807) is 23.5 Å². The van der Waals surface area contributed by atoms with Gasteiger partial charge in [0.2, 0.25) is 15.9 Å². The molecule has 0 bridgehead atoms. The number of nitrogens with zero attached hydrogens (tertiary/aromatic N) is 3. The number of piperidine rings is 1. The third kappa shape index (κ3) is 3.46. The average molecular weight is 416 g/mol. The van der Waals surface area contributed by atoms with Crippen LogP contribution in [0.4, 0.5) is 0 Å².